The SMILES string of the molecule is CCC(C)NC(=O)Cn1nc(C(F)F)c(Br)c1C. The van der Waals surface area contributed by atoms with Gasteiger partial charge in [-0.05, 0) is 36.2 Å². The van der Waals surface area contributed by atoms with Gasteiger partial charge in [-0.1, -0.05) is 6.92 Å². The highest BCUT2D eigenvalue weighted by molar-refractivity contribution is 9.10. The van der Waals surface area contributed by atoms with Crippen molar-refractivity contribution in [3.8, 4) is 0 Å². The standard InChI is InChI=1S/C11H16BrF2N3O/c1-4-6(2)15-8(18)5-17-7(3)9(12)10(16-17)11(13)14/h6,11H,4-5H2,1-3H3,(H,15,18). The van der Waals surface area contributed by atoms with Crippen molar-refractivity contribution >= 4 is 21.8 Å². The lowest BCUT2D eigenvalue weighted by Crippen LogP contribution is -2.35. The fraction of sp³-hybridized carbons (Fsp3) is 0.636. The molecule has 1 rings (SSSR count). The van der Waals surface area contributed by atoms with E-state index >= 15 is 0 Å². The number of carbonyl (C=O) groups excluding carboxylic acids is 1. The molecule has 1 N–H and O–H groups in total. The summed E-state index contributed by atoms with van der Waals surface area (Å²) in [5.41, 5.74) is 0.188. The summed E-state index contributed by atoms with van der Waals surface area (Å²) in [6.45, 7) is 5.42. The summed E-state index contributed by atoms with van der Waals surface area (Å²) in [4.78, 5) is 11.6. The van der Waals surface area contributed by atoms with E-state index in [0.717, 1.165) is 6.42 Å². The Hall–Kier alpha value is -0.980. The van der Waals surface area contributed by atoms with Crippen molar-refractivity contribution in [1.82, 2.24) is 15.1 Å². The van der Waals surface area contributed by atoms with Gasteiger partial charge in [0.05, 0.1) is 10.2 Å². The fourth-order valence-corrected chi connectivity index (χ4v) is 1.86. The van der Waals surface area contributed by atoms with Crippen molar-refractivity contribution in [2.24, 2.45) is 0 Å². The van der Waals surface area contributed by atoms with E-state index in [4.69, 9.17) is 0 Å². The number of nitrogens with one attached hydrogen (secondary N) is 1. The van der Waals surface area contributed by atoms with Crippen LogP contribution in [0, 0.1) is 6.92 Å². The Kier molecular flexibility index (Phi) is 5.25. The summed E-state index contributed by atoms with van der Waals surface area (Å²) >= 11 is 3.06. The monoisotopic (exact) mass is 323 g/mol. The van der Waals surface area contributed by atoms with Gasteiger partial charge >= 0.3 is 0 Å². The molecular weight excluding hydrogens is 308 g/mol. The normalized spacial score (nSPS) is 12.8. The van der Waals surface area contributed by atoms with Gasteiger partial charge in [0.1, 0.15) is 12.2 Å². The van der Waals surface area contributed by atoms with Crippen LogP contribution in [0.25, 0.3) is 0 Å². The highest BCUT2D eigenvalue weighted by Crippen LogP contribution is 2.28. The zero-order valence-electron chi connectivity index (χ0n) is 10.5. The zero-order chi connectivity index (χ0) is 13.9. The first-order valence-corrected chi connectivity index (χ1v) is 6.46. The lowest BCUT2D eigenvalue weighted by atomic mass is 10.2. The number of carbonyl (C=O) groups is 1. The Morgan fingerprint density at radius 3 is 2.61 bits per heavy atom. The van der Waals surface area contributed by atoms with Gasteiger partial charge < -0.3 is 5.32 Å². The van der Waals surface area contributed by atoms with E-state index in [2.05, 4.69) is 26.3 Å². The topological polar surface area (TPSA) is 46.9 Å². The predicted molar refractivity (Wildman–Crippen MR) is 67.5 cm³/mol. The Labute approximate surface area is 113 Å². The number of halogens is 3. The van der Waals surface area contributed by atoms with Gasteiger partial charge in [0.25, 0.3) is 6.43 Å². The molecule has 0 aliphatic carbocycles. The Morgan fingerprint density at radius 2 is 2.17 bits per heavy atom. The molecule has 1 atom stereocenters. The average Bonchev–Trinajstić information content (AvgIpc) is 2.57. The van der Waals surface area contributed by atoms with Gasteiger partial charge in [0.2, 0.25) is 5.91 Å². The lowest BCUT2D eigenvalue weighted by Gasteiger charge is -2.11. The first kappa shape index (κ1) is 15.1. The molecule has 0 radical (unpaired) electrons. The van der Waals surface area contributed by atoms with Crippen LogP contribution < -0.4 is 5.32 Å². The van der Waals surface area contributed by atoms with Crippen molar-refractivity contribution in [2.75, 3.05) is 0 Å². The lowest BCUT2D eigenvalue weighted by molar-refractivity contribution is -0.122. The van der Waals surface area contributed by atoms with Crippen LogP contribution in [0.3, 0.4) is 0 Å². The molecule has 0 saturated carbocycles. The molecule has 0 aliphatic rings. The smallest absolute Gasteiger partial charge is 0.283 e. The van der Waals surface area contributed by atoms with E-state index in [1.54, 1.807) is 6.92 Å². The third kappa shape index (κ3) is 3.51. The summed E-state index contributed by atoms with van der Waals surface area (Å²) in [5, 5.41) is 6.50. The zero-order valence-corrected chi connectivity index (χ0v) is 12.1. The van der Waals surface area contributed by atoms with Crippen LogP contribution in [0.5, 0.6) is 0 Å². The van der Waals surface area contributed by atoms with E-state index < -0.39 is 6.43 Å². The Balaban J connectivity index is 2.79. The van der Waals surface area contributed by atoms with Crippen molar-refractivity contribution in [3.63, 3.8) is 0 Å². The molecule has 102 valence electrons. The maximum absolute atomic E-state index is 12.6. The van der Waals surface area contributed by atoms with E-state index in [1.165, 1.54) is 4.68 Å². The molecule has 1 aromatic heterocycles. The first-order valence-electron chi connectivity index (χ1n) is 5.67. The Bertz CT molecular complexity index is 434. The number of amides is 1. The molecule has 18 heavy (non-hydrogen) atoms. The molecule has 7 heteroatoms. The minimum absolute atomic E-state index is 0.0541. The number of hydrogen-bond donors (Lipinski definition) is 1. The summed E-state index contributed by atoms with van der Waals surface area (Å²) < 4.78 is 26.8. The van der Waals surface area contributed by atoms with Crippen LogP contribution in [0.15, 0.2) is 4.47 Å². The van der Waals surface area contributed by atoms with Crippen molar-refractivity contribution < 1.29 is 13.6 Å². The molecular formula is C11H16BrF2N3O. The summed E-state index contributed by atoms with van der Waals surface area (Å²) in [6.07, 6.45) is -1.84. The second-order valence-electron chi connectivity index (χ2n) is 4.12. The van der Waals surface area contributed by atoms with Crippen LogP contribution in [-0.2, 0) is 11.3 Å². The highest BCUT2D eigenvalue weighted by Gasteiger charge is 2.21. The summed E-state index contributed by atoms with van der Waals surface area (Å²) in [7, 11) is 0. The van der Waals surface area contributed by atoms with E-state index in [-0.39, 0.29) is 28.7 Å². The van der Waals surface area contributed by atoms with Gasteiger partial charge in [-0.25, -0.2) is 8.78 Å². The predicted octanol–water partition coefficient (Wildman–Crippen LogP) is 2.81. The molecule has 0 spiro atoms. The molecule has 0 aromatic carbocycles. The van der Waals surface area contributed by atoms with E-state index in [9.17, 15) is 13.6 Å². The van der Waals surface area contributed by atoms with Gasteiger partial charge in [-0.15, -0.1) is 0 Å². The molecule has 0 bridgehead atoms. The van der Waals surface area contributed by atoms with Crippen LogP contribution in [0.1, 0.15) is 38.1 Å². The van der Waals surface area contributed by atoms with Crippen LogP contribution >= 0.6 is 15.9 Å². The van der Waals surface area contributed by atoms with E-state index in [1.807, 2.05) is 13.8 Å². The van der Waals surface area contributed by atoms with Crippen LogP contribution in [-0.4, -0.2) is 21.7 Å². The summed E-state index contributed by atoms with van der Waals surface area (Å²) in [6, 6.07) is 0.0615. The van der Waals surface area contributed by atoms with Crippen LogP contribution in [0.2, 0.25) is 0 Å². The third-order valence-electron chi connectivity index (χ3n) is 2.68. The molecule has 1 aromatic rings. The molecule has 0 aliphatic heterocycles. The Morgan fingerprint density at radius 1 is 1.56 bits per heavy atom. The van der Waals surface area contributed by atoms with Gasteiger partial charge in [0, 0.05) is 6.04 Å². The van der Waals surface area contributed by atoms with Crippen molar-refractivity contribution in [2.45, 2.75) is 46.2 Å². The summed E-state index contributed by atoms with van der Waals surface area (Å²) in [5.74, 6) is -0.233. The molecule has 1 unspecified atom stereocenters. The number of aromatic nitrogens is 2. The van der Waals surface area contributed by atoms with Crippen molar-refractivity contribution in [1.29, 1.82) is 0 Å². The second-order valence-corrected chi connectivity index (χ2v) is 4.91. The largest absolute Gasteiger partial charge is 0.352 e. The molecule has 0 fully saturated rings. The quantitative estimate of drug-likeness (QED) is 0.905. The van der Waals surface area contributed by atoms with E-state index in [0.29, 0.717) is 5.69 Å². The maximum Gasteiger partial charge on any atom is 0.283 e. The second kappa shape index (κ2) is 6.26. The van der Waals surface area contributed by atoms with Gasteiger partial charge in [-0.3, -0.25) is 9.48 Å². The van der Waals surface area contributed by atoms with Gasteiger partial charge in [0.15, 0.2) is 0 Å². The van der Waals surface area contributed by atoms with Gasteiger partial charge in [-0.2, -0.15) is 5.10 Å². The molecule has 1 amide bonds. The first-order chi connectivity index (χ1) is 8.36. The number of hydrogen-bond acceptors (Lipinski definition) is 2. The molecule has 1 heterocycles. The minimum atomic E-state index is -2.66. The number of alkyl halides is 2. The number of rotatable bonds is 5. The fourth-order valence-electron chi connectivity index (χ4n) is 1.40. The molecule has 0 saturated heterocycles. The molecule has 4 nitrogen and oxygen atoms in total. The minimum Gasteiger partial charge on any atom is -0.352 e. The van der Waals surface area contributed by atoms with Crippen LogP contribution in [0.4, 0.5) is 8.78 Å². The highest BCUT2D eigenvalue weighted by atomic mass is 79.9. The van der Waals surface area contributed by atoms with Crippen molar-refractivity contribution in [3.05, 3.63) is 15.9 Å². The number of nitrogens with zero attached hydrogens (tertiary/aromatic N) is 2. The third-order valence-corrected chi connectivity index (χ3v) is 3.66. The average molecular weight is 324 g/mol. The maximum atomic E-state index is 12.6.